The third kappa shape index (κ3) is 2.50. The van der Waals surface area contributed by atoms with Crippen molar-refractivity contribution in [3.63, 3.8) is 0 Å². The molecule has 0 aliphatic rings. The van der Waals surface area contributed by atoms with Crippen molar-refractivity contribution in [2.24, 2.45) is 0 Å². The molecule has 0 radical (unpaired) electrons. The Balaban J connectivity index is 2.17. The lowest BCUT2D eigenvalue weighted by Crippen LogP contribution is -1.92. The van der Waals surface area contributed by atoms with Crippen LogP contribution in [-0.2, 0) is 0 Å². The maximum absolute atomic E-state index is 5.28. The van der Waals surface area contributed by atoms with Crippen LogP contribution in [0.4, 0.5) is 0 Å². The summed E-state index contributed by atoms with van der Waals surface area (Å²) < 4.78 is 0.609. The van der Waals surface area contributed by atoms with Gasteiger partial charge in [-0.25, -0.2) is 4.98 Å². The van der Waals surface area contributed by atoms with Gasteiger partial charge < -0.3 is 4.98 Å². The van der Waals surface area contributed by atoms with Gasteiger partial charge >= 0.3 is 0 Å². The third-order valence-corrected chi connectivity index (χ3v) is 3.99. The summed E-state index contributed by atoms with van der Waals surface area (Å²) in [7, 11) is 0. The summed E-state index contributed by atoms with van der Waals surface area (Å²) in [6, 6.07) is 14.1. The Morgan fingerprint density at radius 2 is 1.95 bits per heavy atom. The average molecular weight is 284 g/mol. The van der Waals surface area contributed by atoms with Crippen molar-refractivity contribution in [2.45, 2.75) is 6.92 Å². The van der Waals surface area contributed by atoms with Gasteiger partial charge in [0.1, 0.15) is 10.5 Å². The second-order valence-electron chi connectivity index (χ2n) is 4.24. The molecule has 0 saturated carbocycles. The molecule has 0 spiro atoms. The zero-order valence-corrected chi connectivity index (χ0v) is 12.0. The normalized spacial score (nSPS) is 10.6. The first-order valence-electron chi connectivity index (χ1n) is 5.95. The van der Waals surface area contributed by atoms with Crippen LogP contribution in [0.25, 0.3) is 22.6 Å². The maximum atomic E-state index is 5.28. The van der Waals surface area contributed by atoms with Crippen molar-refractivity contribution in [2.75, 3.05) is 0 Å². The molecule has 1 aromatic carbocycles. The predicted octanol–water partition coefficient (Wildman–Crippen LogP) is 4.84. The van der Waals surface area contributed by atoms with Crippen LogP contribution in [0, 0.1) is 11.6 Å². The molecule has 1 N–H and O–H groups in total. The van der Waals surface area contributed by atoms with Crippen molar-refractivity contribution in [1.29, 1.82) is 0 Å². The number of nitrogens with one attached hydrogen (secondary N) is 1. The monoisotopic (exact) mass is 284 g/mol. The molecule has 3 rings (SSSR count). The third-order valence-electron chi connectivity index (χ3n) is 2.94. The van der Waals surface area contributed by atoms with Gasteiger partial charge in [-0.15, -0.1) is 11.3 Å². The molecule has 2 aromatic heterocycles. The SMILES string of the molecule is Cc1sccc1-c1cc(=S)nc(-c2ccccc2)[nH]1. The second kappa shape index (κ2) is 5.07. The molecule has 4 heteroatoms. The van der Waals surface area contributed by atoms with E-state index in [0.29, 0.717) is 4.64 Å². The topological polar surface area (TPSA) is 28.7 Å². The van der Waals surface area contributed by atoms with Gasteiger partial charge in [-0.2, -0.15) is 0 Å². The number of aromatic amines is 1. The van der Waals surface area contributed by atoms with Gasteiger partial charge in [0, 0.05) is 16.0 Å². The molecule has 0 bridgehead atoms. The van der Waals surface area contributed by atoms with Crippen LogP contribution < -0.4 is 0 Å². The predicted molar refractivity (Wildman–Crippen MR) is 82.9 cm³/mol. The van der Waals surface area contributed by atoms with E-state index < -0.39 is 0 Å². The van der Waals surface area contributed by atoms with Crippen LogP contribution in [-0.4, -0.2) is 9.97 Å². The number of hydrogen-bond acceptors (Lipinski definition) is 3. The van der Waals surface area contributed by atoms with E-state index in [2.05, 4.69) is 28.3 Å². The Labute approximate surface area is 120 Å². The molecule has 19 heavy (non-hydrogen) atoms. The minimum absolute atomic E-state index is 0.609. The van der Waals surface area contributed by atoms with E-state index in [9.17, 15) is 0 Å². The van der Waals surface area contributed by atoms with E-state index in [-0.39, 0.29) is 0 Å². The Hall–Kier alpha value is -1.78. The highest BCUT2D eigenvalue weighted by Crippen LogP contribution is 2.27. The summed E-state index contributed by atoms with van der Waals surface area (Å²) in [5, 5.41) is 2.09. The molecular weight excluding hydrogens is 272 g/mol. The number of rotatable bonds is 2. The number of nitrogens with zero attached hydrogens (tertiary/aromatic N) is 1. The van der Waals surface area contributed by atoms with Crippen molar-refractivity contribution >= 4 is 23.6 Å². The molecular formula is C15H12N2S2. The van der Waals surface area contributed by atoms with E-state index in [1.807, 2.05) is 36.4 Å². The van der Waals surface area contributed by atoms with E-state index >= 15 is 0 Å². The number of hydrogen-bond donors (Lipinski definition) is 1. The molecule has 0 amide bonds. The average Bonchev–Trinajstić information content (AvgIpc) is 2.85. The summed E-state index contributed by atoms with van der Waals surface area (Å²) >= 11 is 7.01. The first kappa shape index (κ1) is 12.3. The van der Waals surface area contributed by atoms with E-state index in [1.54, 1.807) is 11.3 Å². The number of aromatic nitrogens is 2. The highest BCUT2D eigenvalue weighted by molar-refractivity contribution is 7.71. The molecule has 3 aromatic rings. The quantitative estimate of drug-likeness (QED) is 0.682. The Kier molecular flexibility index (Phi) is 3.27. The number of H-pyrrole nitrogens is 1. The Bertz CT molecular complexity index is 757. The molecule has 0 aliphatic heterocycles. The molecule has 0 fully saturated rings. The molecule has 0 unspecified atom stereocenters. The molecule has 2 heterocycles. The van der Waals surface area contributed by atoms with Gasteiger partial charge in [-0.1, -0.05) is 42.5 Å². The van der Waals surface area contributed by atoms with Crippen LogP contribution in [0.15, 0.2) is 47.8 Å². The molecule has 0 saturated heterocycles. The van der Waals surface area contributed by atoms with Crippen molar-refractivity contribution < 1.29 is 0 Å². The largest absolute Gasteiger partial charge is 0.339 e. The van der Waals surface area contributed by atoms with E-state index in [4.69, 9.17) is 12.2 Å². The molecule has 2 nitrogen and oxygen atoms in total. The zero-order valence-electron chi connectivity index (χ0n) is 10.4. The Morgan fingerprint density at radius 1 is 1.16 bits per heavy atom. The summed E-state index contributed by atoms with van der Waals surface area (Å²) in [4.78, 5) is 9.05. The lowest BCUT2D eigenvalue weighted by Gasteiger charge is -2.06. The zero-order chi connectivity index (χ0) is 13.2. The summed E-state index contributed by atoms with van der Waals surface area (Å²) in [6.07, 6.45) is 0. The first-order valence-corrected chi connectivity index (χ1v) is 7.24. The lowest BCUT2D eigenvalue weighted by atomic mass is 10.1. The van der Waals surface area contributed by atoms with Gasteiger partial charge in [-0.3, -0.25) is 0 Å². The van der Waals surface area contributed by atoms with Crippen LogP contribution in [0.1, 0.15) is 4.88 Å². The van der Waals surface area contributed by atoms with E-state index in [0.717, 1.165) is 17.1 Å². The van der Waals surface area contributed by atoms with Crippen LogP contribution in [0.3, 0.4) is 0 Å². The minimum atomic E-state index is 0.609. The fourth-order valence-corrected chi connectivity index (χ4v) is 2.92. The number of benzene rings is 1. The summed E-state index contributed by atoms with van der Waals surface area (Å²) in [6.45, 7) is 2.11. The van der Waals surface area contributed by atoms with Crippen molar-refractivity contribution in [3.8, 4) is 22.6 Å². The second-order valence-corrected chi connectivity index (χ2v) is 5.78. The van der Waals surface area contributed by atoms with Gasteiger partial charge in [0.2, 0.25) is 0 Å². The fourth-order valence-electron chi connectivity index (χ4n) is 2.00. The smallest absolute Gasteiger partial charge is 0.139 e. The number of aryl methyl sites for hydroxylation is 1. The highest BCUT2D eigenvalue weighted by Gasteiger charge is 2.07. The number of thiophene rings is 1. The van der Waals surface area contributed by atoms with Gasteiger partial charge in [-0.05, 0) is 24.4 Å². The standard InChI is InChI=1S/C15H12N2S2/c1-10-12(7-8-19-10)13-9-14(18)17-15(16-13)11-5-3-2-4-6-11/h2-9H,1H3,(H,16,17,18). The van der Waals surface area contributed by atoms with Gasteiger partial charge in [0.15, 0.2) is 0 Å². The van der Waals surface area contributed by atoms with E-state index in [1.165, 1.54) is 10.4 Å². The summed E-state index contributed by atoms with van der Waals surface area (Å²) in [5.74, 6) is 0.814. The minimum Gasteiger partial charge on any atom is -0.339 e. The first-order chi connectivity index (χ1) is 9.24. The van der Waals surface area contributed by atoms with Crippen LogP contribution in [0.2, 0.25) is 0 Å². The van der Waals surface area contributed by atoms with Gasteiger partial charge in [0.05, 0.1) is 5.69 Å². The maximum Gasteiger partial charge on any atom is 0.139 e. The van der Waals surface area contributed by atoms with Crippen molar-refractivity contribution in [3.05, 3.63) is 57.4 Å². The van der Waals surface area contributed by atoms with Crippen molar-refractivity contribution in [1.82, 2.24) is 9.97 Å². The Morgan fingerprint density at radius 3 is 2.63 bits per heavy atom. The highest BCUT2D eigenvalue weighted by atomic mass is 32.1. The molecule has 0 aliphatic carbocycles. The molecule has 0 atom stereocenters. The summed E-state index contributed by atoms with van der Waals surface area (Å²) in [5.41, 5.74) is 3.26. The van der Waals surface area contributed by atoms with Crippen LogP contribution in [0.5, 0.6) is 0 Å². The van der Waals surface area contributed by atoms with Gasteiger partial charge in [0.25, 0.3) is 0 Å². The lowest BCUT2D eigenvalue weighted by molar-refractivity contribution is 1.16. The van der Waals surface area contributed by atoms with Crippen LogP contribution >= 0.6 is 23.6 Å². The fraction of sp³-hybridized carbons (Fsp3) is 0.0667. The molecule has 94 valence electrons.